The monoisotopic (exact) mass is 246 g/mol. The summed E-state index contributed by atoms with van der Waals surface area (Å²) < 4.78 is 5.01. The van der Waals surface area contributed by atoms with Gasteiger partial charge in [0.2, 0.25) is 5.91 Å². The van der Waals surface area contributed by atoms with Crippen LogP contribution in [0.3, 0.4) is 0 Å². The average molecular weight is 246 g/mol. The zero-order chi connectivity index (χ0) is 13.6. The lowest BCUT2D eigenvalue weighted by molar-refractivity contribution is -0.125. The van der Waals surface area contributed by atoms with E-state index in [0.717, 1.165) is 0 Å². The Kier molecular flexibility index (Phi) is 5.95. The Bertz CT molecular complexity index is 271. The van der Waals surface area contributed by atoms with Gasteiger partial charge in [0.05, 0.1) is 6.10 Å². The quantitative estimate of drug-likeness (QED) is 0.670. The molecular weight excluding hydrogens is 224 g/mol. The molecule has 0 saturated carbocycles. The summed E-state index contributed by atoms with van der Waals surface area (Å²) in [7, 11) is 0. The van der Waals surface area contributed by atoms with Crippen LogP contribution < -0.4 is 10.6 Å². The molecule has 0 aliphatic rings. The minimum absolute atomic E-state index is 0.429. The van der Waals surface area contributed by atoms with Gasteiger partial charge in [0.1, 0.15) is 11.6 Å². The molecule has 0 fully saturated rings. The molecule has 0 rings (SSSR count). The van der Waals surface area contributed by atoms with Gasteiger partial charge < -0.3 is 20.5 Å². The largest absolute Gasteiger partial charge is 0.444 e. The Morgan fingerprint density at radius 2 is 1.88 bits per heavy atom. The summed E-state index contributed by atoms with van der Waals surface area (Å²) in [5.74, 6) is -0.437. The fraction of sp³-hybridized carbons (Fsp3) is 0.818. The van der Waals surface area contributed by atoms with Gasteiger partial charge in [0.15, 0.2) is 0 Å². The van der Waals surface area contributed by atoms with Gasteiger partial charge in [-0.15, -0.1) is 0 Å². The summed E-state index contributed by atoms with van der Waals surface area (Å²) in [5, 5.41) is 14.3. The number of hydrogen-bond donors (Lipinski definition) is 3. The molecule has 0 aromatic heterocycles. The topological polar surface area (TPSA) is 87.7 Å². The normalized spacial score (nSPS) is 14.7. The van der Waals surface area contributed by atoms with Crippen molar-refractivity contribution in [3.05, 3.63) is 0 Å². The van der Waals surface area contributed by atoms with Crippen molar-refractivity contribution in [2.24, 2.45) is 0 Å². The van der Waals surface area contributed by atoms with Crippen LogP contribution in [-0.2, 0) is 9.53 Å². The maximum absolute atomic E-state index is 11.5. The SMILES string of the molecule is CCNC(=O)[C@H](NC(=O)OC(C)(C)C)[C@H](C)O. The van der Waals surface area contributed by atoms with E-state index in [0.29, 0.717) is 6.54 Å². The number of likely N-dealkylation sites (N-methyl/N-ethyl adjacent to an activating group) is 1. The van der Waals surface area contributed by atoms with E-state index in [9.17, 15) is 14.7 Å². The highest BCUT2D eigenvalue weighted by molar-refractivity contribution is 5.86. The number of carbonyl (C=O) groups excluding carboxylic acids is 2. The second kappa shape index (κ2) is 6.44. The molecule has 6 nitrogen and oxygen atoms in total. The van der Waals surface area contributed by atoms with Crippen LogP contribution in [0.4, 0.5) is 4.79 Å². The predicted octanol–water partition coefficient (Wildman–Crippen LogP) is 0.397. The number of alkyl carbamates (subject to hydrolysis) is 1. The van der Waals surface area contributed by atoms with E-state index in [1.165, 1.54) is 6.92 Å². The first-order valence-electron chi connectivity index (χ1n) is 5.62. The van der Waals surface area contributed by atoms with Crippen LogP contribution in [0.1, 0.15) is 34.6 Å². The van der Waals surface area contributed by atoms with E-state index in [1.54, 1.807) is 27.7 Å². The van der Waals surface area contributed by atoms with Crippen LogP contribution in [0.5, 0.6) is 0 Å². The fourth-order valence-corrected chi connectivity index (χ4v) is 1.12. The van der Waals surface area contributed by atoms with Gasteiger partial charge in [-0.1, -0.05) is 0 Å². The van der Waals surface area contributed by atoms with Crippen molar-refractivity contribution >= 4 is 12.0 Å². The Morgan fingerprint density at radius 1 is 1.35 bits per heavy atom. The molecule has 0 aliphatic heterocycles. The van der Waals surface area contributed by atoms with Crippen molar-refractivity contribution in [2.75, 3.05) is 6.54 Å². The Balaban J connectivity index is 4.46. The Labute approximate surface area is 102 Å². The van der Waals surface area contributed by atoms with Crippen LogP contribution >= 0.6 is 0 Å². The zero-order valence-electron chi connectivity index (χ0n) is 11.0. The van der Waals surface area contributed by atoms with Gasteiger partial charge in [-0.25, -0.2) is 4.79 Å². The zero-order valence-corrected chi connectivity index (χ0v) is 11.0. The van der Waals surface area contributed by atoms with E-state index < -0.39 is 29.7 Å². The van der Waals surface area contributed by atoms with Crippen LogP contribution in [0.25, 0.3) is 0 Å². The van der Waals surface area contributed by atoms with Crippen molar-refractivity contribution < 1.29 is 19.4 Å². The molecule has 2 amide bonds. The molecule has 0 heterocycles. The van der Waals surface area contributed by atoms with E-state index in [-0.39, 0.29) is 0 Å². The third kappa shape index (κ3) is 6.78. The van der Waals surface area contributed by atoms with Crippen molar-refractivity contribution in [1.29, 1.82) is 0 Å². The molecule has 2 atom stereocenters. The summed E-state index contributed by atoms with van der Waals surface area (Å²) in [6.07, 6.45) is -1.72. The molecular formula is C11H22N2O4. The minimum Gasteiger partial charge on any atom is -0.444 e. The average Bonchev–Trinajstić information content (AvgIpc) is 2.11. The summed E-state index contributed by atoms with van der Waals surface area (Å²) in [4.78, 5) is 23.0. The number of amides is 2. The van der Waals surface area contributed by atoms with Gasteiger partial charge in [0.25, 0.3) is 0 Å². The minimum atomic E-state index is -1.01. The van der Waals surface area contributed by atoms with Crippen molar-refractivity contribution in [2.45, 2.75) is 52.4 Å². The predicted molar refractivity (Wildman–Crippen MR) is 63.5 cm³/mol. The molecule has 0 saturated heterocycles. The standard InChI is InChI=1S/C11H22N2O4/c1-6-12-9(15)8(7(2)14)13-10(16)17-11(3,4)5/h7-8,14H,6H2,1-5H3,(H,12,15)(H,13,16)/t7-,8+/m0/s1. The lowest BCUT2D eigenvalue weighted by Crippen LogP contribution is -2.53. The van der Waals surface area contributed by atoms with E-state index in [4.69, 9.17) is 4.74 Å². The van der Waals surface area contributed by atoms with E-state index in [2.05, 4.69) is 10.6 Å². The first kappa shape index (κ1) is 15.7. The number of rotatable bonds is 4. The smallest absolute Gasteiger partial charge is 0.408 e. The maximum Gasteiger partial charge on any atom is 0.408 e. The van der Waals surface area contributed by atoms with Crippen LogP contribution in [-0.4, -0.2) is 41.4 Å². The summed E-state index contributed by atoms with van der Waals surface area (Å²) in [6, 6.07) is -1.01. The van der Waals surface area contributed by atoms with Gasteiger partial charge in [-0.05, 0) is 34.6 Å². The van der Waals surface area contributed by atoms with Crippen molar-refractivity contribution in [3.63, 3.8) is 0 Å². The lowest BCUT2D eigenvalue weighted by atomic mass is 10.1. The third-order valence-electron chi connectivity index (χ3n) is 1.79. The molecule has 0 aromatic rings. The Morgan fingerprint density at radius 3 is 2.24 bits per heavy atom. The second-order valence-corrected chi connectivity index (χ2v) is 4.76. The van der Waals surface area contributed by atoms with E-state index >= 15 is 0 Å². The number of aliphatic hydroxyl groups excluding tert-OH is 1. The highest BCUT2D eigenvalue weighted by Crippen LogP contribution is 2.07. The molecule has 6 heteroatoms. The maximum atomic E-state index is 11.5. The van der Waals surface area contributed by atoms with Crippen molar-refractivity contribution in [1.82, 2.24) is 10.6 Å². The third-order valence-corrected chi connectivity index (χ3v) is 1.79. The van der Waals surface area contributed by atoms with Gasteiger partial charge in [-0.3, -0.25) is 4.79 Å². The molecule has 0 bridgehead atoms. The number of aliphatic hydroxyl groups is 1. The van der Waals surface area contributed by atoms with Crippen LogP contribution in [0.2, 0.25) is 0 Å². The molecule has 100 valence electrons. The Hall–Kier alpha value is -1.30. The lowest BCUT2D eigenvalue weighted by Gasteiger charge is -2.24. The summed E-state index contributed by atoms with van der Waals surface area (Å²) >= 11 is 0. The van der Waals surface area contributed by atoms with Crippen LogP contribution in [0.15, 0.2) is 0 Å². The van der Waals surface area contributed by atoms with Crippen LogP contribution in [0, 0.1) is 0 Å². The van der Waals surface area contributed by atoms with E-state index in [1.807, 2.05) is 0 Å². The number of nitrogens with one attached hydrogen (secondary N) is 2. The fourth-order valence-electron chi connectivity index (χ4n) is 1.12. The van der Waals surface area contributed by atoms with Crippen molar-refractivity contribution in [3.8, 4) is 0 Å². The second-order valence-electron chi connectivity index (χ2n) is 4.76. The molecule has 0 aromatic carbocycles. The molecule has 17 heavy (non-hydrogen) atoms. The van der Waals surface area contributed by atoms with Gasteiger partial charge >= 0.3 is 6.09 Å². The number of hydrogen-bond acceptors (Lipinski definition) is 4. The number of ether oxygens (including phenoxy) is 1. The first-order chi connectivity index (χ1) is 7.67. The molecule has 0 radical (unpaired) electrons. The molecule has 0 aliphatic carbocycles. The number of carbonyl (C=O) groups is 2. The molecule has 0 unspecified atom stereocenters. The highest BCUT2D eigenvalue weighted by atomic mass is 16.6. The summed E-state index contributed by atoms with van der Waals surface area (Å²) in [6.45, 7) is 8.77. The molecule has 0 spiro atoms. The van der Waals surface area contributed by atoms with Gasteiger partial charge in [0, 0.05) is 6.54 Å². The van der Waals surface area contributed by atoms with Gasteiger partial charge in [-0.2, -0.15) is 0 Å². The summed E-state index contributed by atoms with van der Waals surface area (Å²) in [5.41, 5.74) is -0.644. The highest BCUT2D eigenvalue weighted by Gasteiger charge is 2.27. The first-order valence-corrected chi connectivity index (χ1v) is 5.62. The molecule has 3 N–H and O–H groups in total.